The Balaban J connectivity index is 1.41. The summed E-state index contributed by atoms with van der Waals surface area (Å²) in [7, 11) is -4.26. The van der Waals surface area contributed by atoms with Gasteiger partial charge in [0.2, 0.25) is 0 Å². The molecule has 0 aromatic heterocycles. The van der Waals surface area contributed by atoms with Crippen molar-refractivity contribution in [2.45, 2.75) is 37.0 Å². The van der Waals surface area contributed by atoms with Gasteiger partial charge in [0.1, 0.15) is 5.82 Å². The van der Waals surface area contributed by atoms with Crippen LogP contribution in [-0.2, 0) is 10.0 Å². The Morgan fingerprint density at radius 2 is 1.74 bits per heavy atom. The van der Waals surface area contributed by atoms with E-state index in [2.05, 4.69) is 26.6 Å². The van der Waals surface area contributed by atoms with Crippen molar-refractivity contribution in [3.63, 3.8) is 0 Å². The van der Waals surface area contributed by atoms with Crippen molar-refractivity contribution in [3.05, 3.63) is 88.6 Å². The number of benzene rings is 3. The van der Waals surface area contributed by atoms with E-state index in [0.717, 1.165) is 42.4 Å². The van der Waals surface area contributed by atoms with Crippen molar-refractivity contribution in [1.82, 2.24) is 10.6 Å². The summed E-state index contributed by atoms with van der Waals surface area (Å²) in [6.07, 6.45) is 5.57. The Morgan fingerprint density at radius 1 is 1.03 bits per heavy atom. The minimum absolute atomic E-state index is 0.000715. The van der Waals surface area contributed by atoms with Crippen molar-refractivity contribution >= 4 is 37.5 Å². The number of sulfonamides is 1. The number of anilines is 1. The van der Waals surface area contributed by atoms with Crippen LogP contribution in [0.3, 0.4) is 0 Å². The summed E-state index contributed by atoms with van der Waals surface area (Å²) >= 11 is 3.33. The highest BCUT2D eigenvalue weighted by molar-refractivity contribution is 9.10. The molecule has 0 saturated carbocycles. The van der Waals surface area contributed by atoms with Crippen molar-refractivity contribution in [3.8, 4) is 5.75 Å². The number of hydrogen-bond acceptors (Lipinski definition) is 5. The zero-order valence-corrected chi connectivity index (χ0v) is 23.3. The van der Waals surface area contributed by atoms with Crippen LogP contribution in [0.1, 0.15) is 42.5 Å². The van der Waals surface area contributed by atoms with Gasteiger partial charge in [0.05, 0.1) is 10.6 Å². The van der Waals surface area contributed by atoms with Gasteiger partial charge in [-0.1, -0.05) is 39.3 Å². The van der Waals surface area contributed by atoms with Crippen molar-refractivity contribution in [2.24, 2.45) is 5.92 Å². The lowest BCUT2D eigenvalue weighted by molar-refractivity contribution is 0.0952. The number of amides is 1. The lowest BCUT2D eigenvalue weighted by atomic mass is 9.92. The van der Waals surface area contributed by atoms with E-state index < -0.39 is 15.8 Å². The van der Waals surface area contributed by atoms with Crippen LogP contribution in [0.5, 0.6) is 5.75 Å². The largest absolute Gasteiger partial charge is 0.364 e. The molecule has 0 unspecified atom stereocenters. The van der Waals surface area contributed by atoms with E-state index in [1.54, 1.807) is 24.3 Å². The molecular formula is C28H31BrFN3O4S. The molecule has 4 rings (SSSR count). The lowest BCUT2D eigenvalue weighted by Gasteiger charge is -2.24. The second-order valence-electron chi connectivity index (χ2n) is 9.23. The van der Waals surface area contributed by atoms with Gasteiger partial charge in [0.15, 0.2) is 5.75 Å². The number of nitrogens with zero attached hydrogens (tertiary/aromatic N) is 1. The molecule has 0 atom stereocenters. The van der Waals surface area contributed by atoms with Crippen LogP contribution in [0.2, 0.25) is 0 Å². The van der Waals surface area contributed by atoms with E-state index in [9.17, 15) is 17.6 Å². The van der Waals surface area contributed by atoms with E-state index in [-0.39, 0.29) is 22.2 Å². The van der Waals surface area contributed by atoms with Gasteiger partial charge in [-0.25, -0.2) is 4.39 Å². The summed E-state index contributed by atoms with van der Waals surface area (Å²) in [6.45, 7) is 2.74. The van der Waals surface area contributed by atoms with Crippen molar-refractivity contribution in [1.29, 1.82) is 0 Å². The average molecular weight is 605 g/mol. The minimum atomic E-state index is -4.26. The van der Waals surface area contributed by atoms with Crippen LogP contribution in [0.15, 0.2) is 82.2 Å². The third-order valence-electron chi connectivity index (χ3n) is 6.44. The topological polar surface area (TPSA) is 87.7 Å². The smallest absolute Gasteiger partial charge is 0.295 e. The van der Waals surface area contributed by atoms with E-state index in [1.807, 2.05) is 0 Å². The Bertz CT molecular complexity index is 1310. The van der Waals surface area contributed by atoms with Gasteiger partial charge in [-0.15, -0.1) is 0 Å². The molecule has 0 bridgehead atoms. The van der Waals surface area contributed by atoms with Crippen molar-refractivity contribution < 1.29 is 22.4 Å². The van der Waals surface area contributed by atoms with E-state index in [1.165, 1.54) is 61.7 Å². The Labute approximate surface area is 231 Å². The number of nitrogens with one attached hydrogen (secondary N) is 2. The molecule has 7 nitrogen and oxygen atoms in total. The predicted molar refractivity (Wildman–Crippen MR) is 149 cm³/mol. The summed E-state index contributed by atoms with van der Waals surface area (Å²) in [5.74, 6) is 0.145. The highest BCUT2D eigenvalue weighted by Gasteiger charge is 2.28. The molecule has 1 fully saturated rings. The first-order valence-electron chi connectivity index (χ1n) is 12.7. The SMILES string of the molecule is O=C(NCCCCC1CCNCC1)c1ccc(S(=O)(=O)N(Oc2ccc(Br)cc2)c2cccc(F)c2)cc1. The molecule has 1 aliphatic heterocycles. The molecule has 1 saturated heterocycles. The fourth-order valence-corrected chi connectivity index (χ4v) is 5.84. The van der Waals surface area contributed by atoms with E-state index >= 15 is 0 Å². The monoisotopic (exact) mass is 603 g/mol. The summed E-state index contributed by atoms with van der Waals surface area (Å²) in [6, 6.07) is 17.3. The maximum Gasteiger partial charge on any atom is 0.295 e. The first kappa shape index (κ1) is 28.1. The maximum atomic E-state index is 14.0. The lowest BCUT2D eigenvalue weighted by Crippen LogP contribution is -2.34. The zero-order valence-electron chi connectivity index (χ0n) is 20.9. The molecule has 0 radical (unpaired) electrons. The number of rotatable bonds is 11. The minimum Gasteiger partial charge on any atom is -0.364 e. The van der Waals surface area contributed by atoms with Gasteiger partial charge in [-0.3, -0.25) is 4.79 Å². The molecule has 2 N–H and O–H groups in total. The number of hydrogen-bond donors (Lipinski definition) is 2. The zero-order chi connectivity index (χ0) is 27.0. The van der Waals surface area contributed by atoms with Crippen LogP contribution >= 0.6 is 15.9 Å². The van der Waals surface area contributed by atoms with Crippen LogP contribution in [0.25, 0.3) is 0 Å². The average Bonchev–Trinajstić information content (AvgIpc) is 2.93. The van der Waals surface area contributed by atoms with Crippen LogP contribution < -0.4 is 19.9 Å². The molecule has 38 heavy (non-hydrogen) atoms. The molecule has 202 valence electrons. The molecule has 1 heterocycles. The van der Waals surface area contributed by atoms with Crippen LogP contribution in [-0.4, -0.2) is 34.0 Å². The van der Waals surface area contributed by atoms with E-state index in [4.69, 9.17) is 4.84 Å². The van der Waals surface area contributed by atoms with Gasteiger partial charge in [-0.2, -0.15) is 8.42 Å². The highest BCUT2D eigenvalue weighted by Crippen LogP contribution is 2.28. The Hall–Kier alpha value is -2.95. The van der Waals surface area contributed by atoms with Crippen molar-refractivity contribution in [2.75, 3.05) is 24.1 Å². The van der Waals surface area contributed by atoms with Gasteiger partial charge in [0.25, 0.3) is 15.9 Å². The number of piperidine rings is 1. The quantitative estimate of drug-likeness (QED) is 0.217. The van der Waals surface area contributed by atoms with Gasteiger partial charge >= 0.3 is 0 Å². The molecule has 1 aliphatic rings. The first-order valence-corrected chi connectivity index (χ1v) is 14.9. The summed E-state index contributed by atoms with van der Waals surface area (Å²) in [5.41, 5.74) is 0.354. The number of carbonyl (C=O) groups is 1. The summed E-state index contributed by atoms with van der Waals surface area (Å²) < 4.78 is 42.5. The molecule has 0 aliphatic carbocycles. The molecule has 10 heteroatoms. The second kappa shape index (κ2) is 13.2. The standard InChI is InChI=1S/C28H31BrFN3O4S/c29-23-9-11-26(12-10-23)37-33(25-6-3-5-24(30)20-25)38(35,36)27-13-7-22(8-14-27)28(34)32-17-2-1-4-21-15-18-31-19-16-21/h3,5-14,20-21,31H,1-2,4,15-19H2,(H,32,34). The maximum absolute atomic E-state index is 14.0. The summed E-state index contributed by atoms with van der Waals surface area (Å²) in [5, 5.41) is 6.28. The number of halogens is 2. The highest BCUT2D eigenvalue weighted by atomic mass is 79.9. The third kappa shape index (κ3) is 7.55. The first-order chi connectivity index (χ1) is 18.3. The number of unbranched alkanes of at least 4 members (excludes halogenated alkanes) is 1. The van der Waals surface area contributed by atoms with Gasteiger partial charge in [-0.05, 0) is 98.9 Å². The molecule has 3 aromatic carbocycles. The Morgan fingerprint density at radius 3 is 2.42 bits per heavy atom. The third-order valence-corrected chi connectivity index (χ3v) is 8.56. The normalized spacial score (nSPS) is 14.2. The van der Waals surface area contributed by atoms with Crippen LogP contribution in [0.4, 0.5) is 10.1 Å². The predicted octanol–water partition coefficient (Wildman–Crippen LogP) is 5.68. The number of carbonyl (C=O) groups excluding carboxylic acids is 1. The second-order valence-corrected chi connectivity index (χ2v) is 11.9. The fraction of sp³-hybridized carbons (Fsp3) is 0.321. The fourth-order valence-electron chi connectivity index (χ4n) is 4.33. The Kier molecular flexibility index (Phi) is 9.76. The molecular weight excluding hydrogens is 573 g/mol. The molecule has 0 spiro atoms. The van der Waals surface area contributed by atoms with Gasteiger partial charge in [0, 0.05) is 22.6 Å². The molecule has 1 amide bonds. The van der Waals surface area contributed by atoms with Gasteiger partial charge < -0.3 is 15.5 Å². The molecule has 3 aromatic rings. The van der Waals surface area contributed by atoms with Crippen LogP contribution in [0, 0.1) is 11.7 Å². The van der Waals surface area contributed by atoms with E-state index in [0.29, 0.717) is 16.6 Å². The summed E-state index contributed by atoms with van der Waals surface area (Å²) in [4.78, 5) is 18.2.